The minimum absolute atomic E-state index is 0.146. The first-order chi connectivity index (χ1) is 8.08. The average Bonchev–Trinajstić information content (AvgIpc) is 2.35. The molecule has 0 aliphatic rings. The van der Waals surface area contributed by atoms with Crippen LogP contribution in [0.3, 0.4) is 0 Å². The highest BCUT2D eigenvalue weighted by Gasteiger charge is 2.10. The van der Waals surface area contributed by atoms with Crippen LogP contribution in [0.2, 0.25) is 0 Å². The molecule has 0 radical (unpaired) electrons. The van der Waals surface area contributed by atoms with Crippen molar-refractivity contribution in [2.75, 3.05) is 20.3 Å². The first-order valence-electron chi connectivity index (χ1n) is 5.79. The third-order valence-corrected chi connectivity index (χ3v) is 2.79. The van der Waals surface area contributed by atoms with Crippen LogP contribution < -0.4 is 10.1 Å². The van der Waals surface area contributed by atoms with Crippen molar-refractivity contribution in [3.8, 4) is 11.5 Å². The second-order valence-corrected chi connectivity index (χ2v) is 4.35. The van der Waals surface area contributed by atoms with Crippen LogP contribution in [0.5, 0.6) is 11.5 Å². The van der Waals surface area contributed by atoms with Crippen LogP contribution in [0.1, 0.15) is 25.5 Å². The first kappa shape index (κ1) is 13.8. The van der Waals surface area contributed by atoms with Crippen molar-refractivity contribution in [2.45, 2.75) is 19.9 Å². The molecule has 1 aromatic carbocycles. The maximum atomic E-state index is 9.49. The van der Waals surface area contributed by atoms with Gasteiger partial charge in [0.25, 0.3) is 0 Å². The third-order valence-electron chi connectivity index (χ3n) is 2.79. The van der Waals surface area contributed by atoms with Gasteiger partial charge in [0.05, 0.1) is 7.11 Å². The molecular formula is C13H21NO3. The van der Waals surface area contributed by atoms with Gasteiger partial charge in [0.2, 0.25) is 0 Å². The average molecular weight is 239 g/mol. The summed E-state index contributed by atoms with van der Waals surface area (Å²) in [7, 11) is 1.53. The van der Waals surface area contributed by atoms with Gasteiger partial charge in [-0.25, -0.2) is 0 Å². The SMILES string of the molecule is COc1cc(C(C)NCC(C)CO)ccc1O. The Morgan fingerprint density at radius 2 is 2.06 bits per heavy atom. The van der Waals surface area contributed by atoms with Crippen molar-refractivity contribution < 1.29 is 14.9 Å². The Balaban J connectivity index is 2.65. The number of aromatic hydroxyl groups is 1. The van der Waals surface area contributed by atoms with Gasteiger partial charge in [-0.2, -0.15) is 0 Å². The number of nitrogens with one attached hydrogen (secondary N) is 1. The largest absolute Gasteiger partial charge is 0.504 e. The molecule has 2 atom stereocenters. The van der Waals surface area contributed by atoms with E-state index in [4.69, 9.17) is 9.84 Å². The number of hydrogen-bond donors (Lipinski definition) is 3. The van der Waals surface area contributed by atoms with Crippen molar-refractivity contribution in [1.82, 2.24) is 5.32 Å². The van der Waals surface area contributed by atoms with Crippen LogP contribution in [0.25, 0.3) is 0 Å². The van der Waals surface area contributed by atoms with E-state index in [9.17, 15) is 5.11 Å². The van der Waals surface area contributed by atoms with Crippen LogP contribution >= 0.6 is 0 Å². The molecule has 0 amide bonds. The Morgan fingerprint density at radius 1 is 1.35 bits per heavy atom. The van der Waals surface area contributed by atoms with Gasteiger partial charge in [0.15, 0.2) is 11.5 Å². The number of benzene rings is 1. The maximum Gasteiger partial charge on any atom is 0.160 e. The van der Waals surface area contributed by atoms with Gasteiger partial charge in [-0.05, 0) is 30.5 Å². The Morgan fingerprint density at radius 3 is 2.65 bits per heavy atom. The number of phenolic OH excluding ortho intramolecular Hbond substituents is 1. The topological polar surface area (TPSA) is 61.7 Å². The van der Waals surface area contributed by atoms with E-state index in [2.05, 4.69) is 5.32 Å². The van der Waals surface area contributed by atoms with Crippen molar-refractivity contribution in [3.05, 3.63) is 23.8 Å². The van der Waals surface area contributed by atoms with E-state index in [0.29, 0.717) is 5.75 Å². The van der Waals surface area contributed by atoms with Crippen molar-refractivity contribution in [2.24, 2.45) is 5.92 Å². The number of ether oxygens (including phenoxy) is 1. The van der Waals surface area contributed by atoms with Gasteiger partial charge in [-0.3, -0.25) is 0 Å². The molecule has 3 N–H and O–H groups in total. The summed E-state index contributed by atoms with van der Waals surface area (Å²) in [5.74, 6) is 0.856. The molecule has 0 aliphatic carbocycles. The van der Waals surface area contributed by atoms with Gasteiger partial charge >= 0.3 is 0 Å². The number of hydrogen-bond acceptors (Lipinski definition) is 4. The van der Waals surface area contributed by atoms with Crippen LogP contribution in [0.15, 0.2) is 18.2 Å². The Kier molecular flexibility index (Phi) is 5.25. The fraction of sp³-hybridized carbons (Fsp3) is 0.538. The molecule has 0 heterocycles. The Labute approximate surface area is 102 Å². The molecule has 96 valence electrons. The molecule has 0 aromatic heterocycles. The highest BCUT2D eigenvalue weighted by Crippen LogP contribution is 2.28. The fourth-order valence-corrected chi connectivity index (χ4v) is 1.52. The molecule has 1 aromatic rings. The second-order valence-electron chi connectivity index (χ2n) is 4.35. The summed E-state index contributed by atoms with van der Waals surface area (Å²) in [6.07, 6.45) is 0. The number of aliphatic hydroxyl groups excluding tert-OH is 1. The summed E-state index contributed by atoms with van der Waals surface area (Å²) in [5.41, 5.74) is 1.05. The summed E-state index contributed by atoms with van der Waals surface area (Å²) in [5, 5.41) is 21.8. The predicted octanol–water partition coefficient (Wildman–Crippen LogP) is 1.68. The number of aliphatic hydroxyl groups is 1. The molecule has 4 nitrogen and oxygen atoms in total. The molecule has 0 fully saturated rings. The maximum absolute atomic E-state index is 9.49. The lowest BCUT2D eigenvalue weighted by Gasteiger charge is -2.17. The molecule has 0 aliphatic heterocycles. The predicted molar refractivity (Wildman–Crippen MR) is 67.3 cm³/mol. The minimum atomic E-state index is 0.146. The van der Waals surface area contributed by atoms with Crippen LogP contribution in [0.4, 0.5) is 0 Å². The van der Waals surface area contributed by atoms with E-state index in [-0.39, 0.29) is 24.3 Å². The zero-order chi connectivity index (χ0) is 12.8. The highest BCUT2D eigenvalue weighted by atomic mass is 16.5. The van der Waals surface area contributed by atoms with E-state index in [0.717, 1.165) is 12.1 Å². The van der Waals surface area contributed by atoms with Crippen LogP contribution in [-0.4, -0.2) is 30.5 Å². The minimum Gasteiger partial charge on any atom is -0.504 e. The monoisotopic (exact) mass is 239 g/mol. The summed E-state index contributed by atoms with van der Waals surface area (Å²) in [4.78, 5) is 0. The second kappa shape index (κ2) is 6.47. The smallest absolute Gasteiger partial charge is 0.160 e. The molecule has 0 bridgehead atoms. The number of phenols is 1. The lowest BCUT2D eigenvalue weighted by atomic mass is 10.1. The molecule has 0 spiro atoms. The molecule has 1 rings (SSSR count). The zero-order valence-electron chi connectivity index (χ0n) is 10.6. The molecule has 4 heteroatoms. The van der Waals surface area contributed by atoms with E-state index < -0.39 is 0 Å². The summed E-state index contributed by atoms with van der Waals surface area (Å²) >= 11 is 0. The van der Waals surface area contributed by atoms with Crippen LogP contribution in [0, 0.1) is 5.92 Å². The number of rotatable bonds is 6. The summed E-state index contributed by atoms with van der Waals surface area (Å²) < 4.78 is 5.06. The Bertz CT molecular complexity index is 355. The van der Waals surface area contributed by atoms with E-state index in [1.807, 2.05) is 26.0 Å². The molecule has 0 saturated carbocycles. The van der Waals surface area contributed by atoms with Crippen LogP contribution in [-0.2, 0) is 0 Å². The van der Waals surface area contributed by atoms with E-state index in [1.54, 1.807) is 6.07 Å². The van der Waals surface area contributed by atoms with E-state index in [1.165, 1.54) is 7.11 Å². The van der Waals surface area contributed by atoms with Gasteiger partial charge in [-0.1, -0.05) is 13.0 Å². The normalized spacial score (nSPS) is 14.4. The molecule has 0 saturated heterocycles. The quantitative estimate of drug-likeness (QED) is 0.707. The van der Waals surface area contributed by atoms with E-state index >= 15 is 0 Å². The third kappa shape index (κ3) is 3.91. The summed E-state index contributed by atoms with van der Waals surface area (Å²) in [6, 6.07) is 5.45. The lowest BCUT2D eigenvalue weighted by molar-refractivity contribution is 0.231. The molecule has 17 heavy (non-hydrogen) atoms. The van der Waals surface area contributed by atoms with Gasteiger partial charge in [0.1, 0.15) is 0 Å². The Hall–Kier alpha value is -1.26. The standard InChI is InChI=1S/C13H21NO3/c1-9(8-15)7-14-10(2)11-4-5-12(16)13(6-11)17-3/h4-6,9-10,14-16H,7-8H2,1-3H3. The van der Waals surface area contributed by atoms with Gasteiger partial charge in [-0.15, -0.1) is 0 Å². The number of methoxy groups -OCH3 is 1. The van der Waals surface area contributed by atoms with Gasteiger partial charge in [0, 0.05) is 19.2 Å². The van der Waals surface area contributed by atoms with Crippen molar-refractivity contribution >= 4 is 0 Å². The lowest BCUT2D eigenvalue weighted by Crippen LogP contribution is -2.26. The fourth-order valence-electron chi connectivity index (χ4n) is 1.52. The van der Waals surface area contributed by atoms with Crippen molar-refractivity contribution in [1.29, 1.82) is 0 Å². The molecular weight excluding hydrogens is 218 g/mol. The van der Waals surface area contributed by atoms with Gasteiger partial charge < -0.3 is 20.3 Å². The van der Waals surface area contributed by atoms with Crippen molar-refractivity contribution in [3.63, 3.8) is 0 Å². The highest BCUT2D eigenvalue weighted by molar-refractivity contribution is 5.42. The molecule has 2 unspecified atom stereocenters. The zero-order valence-corrected chi connectivity index (χ0v) is 10.6. The summed E-state index contributed by atoms with van der Waals surface area (Å²) in [6.45, 7) is 4.95. The first-order valence-corrected chi connectivity index (χ1v) is 5.79.